The van der Waals surface area contributed by atoms with Gasteiger partial charge in [0.2, 0.25) is 6.54 Å². The molecule has 0 radical (unpaired) electrons. The Morgan fingerprint density at radius 3 is 2.75 bits per heavy atom. The minimum atomic E-state index is -0.970. The molecule has 1 rings (SSSR count). The molecular formula is C10H14N2O4. The molecule has 1 heterocycles. The van der Waals surface area contributed by atoms with E-state index < -0.39 is 5.97 Å². The molecule has 0 saturated carbocycles. The van der Waals surface area contributed by atoms with E-state index in [1.807, 2.05) is 6.92 Å². The van der Waals surface area contributed by atoms with Gasteiger partial charge in [-0.3, -0.25) is 10.1 Å². The van der Waals surface area contributed by atoms with Crippen molar-refractivity contribution in [3.05, 3.63) is 33.6 Å². The van der Waals surface area contributed by atoms with E-state index >= 15 is 0 Å². The van der Waals surface area contributed by atoms with E-state index in [9.17, 15) is 14.9 Å². The van der Waals surface area contributed by atoms with Gasteiger partial charge in [0.15, 0.2) is 0 Å². The summed E-state index contributed by atoms with van der Waals surface area (Å²) in [6.07, 6.45) is 2.71. The fourth-order valence-electron chi connectivity index (χ4n) is 1.56. The summed E-state index contributed by atoms with van der Waals surface area (Å²) in [6, 6.07) is 1.58. The predicted octanol–water partition coefficient (Wildman–Crippen LogP) is 1.42. The lowest BCUT2D eigenvalue weighted by atomic mass is 10.2. The van der Waals surface area contributed by atoms with Gasteiger partial charge in [0.1, 0.15) is 5.69 Å². The fraction of sp³-hybridized carbons (Fsp3) is 0.500. The van der Waals surface area contributed by atoms with Gasteiger partial charge < -0.3 is 9.67 Å². The molecule has 0 aliphatic rings. The lowest BCUT2D eigenvalue weighted by Gasteiger charge is -1.99. The number of rotatable bonds is 6. The third kappa shape index (κ3) is 3.08. The van der Waals surface area contributed by atoms with Crippen molar-refractivity contribution < 1.29 is 14.8 Å². The van der Waals surface area contributed by atoms with Crippen LogP contribution in [0.1, 0.15) is 29.4 Å². The standard InChI is InChI=1S/C10H14N2O4/c1-2-11-7-8(4-3-5-12(15)16)6-9(11)10(13)14/h6-7H,2-5H2,1H3,(H,13,14). The topological polar surface area (TPSA) is 85.4 Å². The molecule has 1 N–H and O–H groups in total. The number of aromatic nitrogens is 1. The van der Waals surface area contributed by atoms with Crippen molar-refractivity contribution in [2.45, 2.75) is 26.3 Å². The van der Waals surface area contributed by atoms with E-state index in [-0.39, 0.29) is 17.2 Å². The maximum absolute atomic E-state index is 10.8. The first-order valence-corrected chi connectivity index (χ1v) is 5.08. The Bertz CT molecular complexity index is 398. The molecule has 0 amide bonds. The van der Waals surface area contributed by atoms with Crippen LogP contribution in [-0.4, -0.2) is 27.1 Å². The number of hydrogen-bond acceptors (Lipinski definition) is 3. The second-order valence-electron chi connectivity index (χ2n) is 3.48. The first-order valence-electron chi connectivity index (χ1n) is 5.08. The van der Waals surface area contributed by atoms with Gasteiger partial charge >= 0.3 is 5.97 Å². The number of aryl methyl sites for hydroxylation is 2. The van der Waals surface area contributed by atoms with Crippen LogP contribution in [0.5, 0.6) is 0 Å². The summed E-state index contributed by atoms with van der Waals surface area (Å²) in [5, 5.41) is 19.0. The molecule has 0 saturated heterocycles. The van der Waals surface area contributed by atoms with Crippen molar-refractivity contribution in [2.24, 2.45) is 0 Å². The van der Waals surface area contributed by atoms with Crippen LogP contribution in [0.4, 0.5) is 0 Å². The fourth-order valence-corrected chi connectivity index (χ4v) is 1.56. The Kier molecular flexibility index (Phi) is 4.04. The van der Waals surface area contributed by atoms with Gasteiger partial charge in [-0.2, -0.15) is 0 Å². The summed E-state index contributed by atoms with van der Waals surface area (Å²) >= 11 is 0. The molecule has 0 spiro atoms. The molecule has 6 nitrogen and oxygen atoms in total. The molecule has 1 aromatic heterocycles. The van der Waals surface area contributed by atoms with Crippen molar-refractivity contribution in [2.75, 3.05) is 6.54 Å². The second kappa shape index (κ2) is 5.29. The molecule has 88 valence electrons. The summed E-state index contributed by atoms with van der Waals surface area (Å²) in [7, 11) is 0. The van der Waals surface area contributed by atoms with E-state index in [2.05, 4.69) is 0 Å². The average molecular weight is 226 g/mol. The van der Waals surface area contributed by atoms with Crippen LogP contribution in [0.25, 0.3) is 0 Å². The zero-order chi connectivity index (χ0) is 12.1. The molecule has 6 heteroatoms. The van der Waals surface area contributed by atoms with Gasteiger partial charge in [-0.25, -0.2) is 4.79 Å². The van der Waals surface area contributed by atoms with Crippen molar-refractivity contribution >= 4 is 5.97 Å². The molecule has 0 atom stereocenters. The Morgan fingerprint density at radius 1 is 1.62 bits per heavy atom. The highest BCUT2D eigenvalue weighted by Gasteiger charge is 2.11. The summed E-state index contributed by atoms with van der Waals surface area (Å²) < 4.78 is 1.63. The van der Waals surface area contributed by atoms with Crippen LogP contribution in [0.15, 0.2) is 12.3 Å². The molecule has 1 aromatic rings. The van der Waals surface area contributed by atoms with E-state index in [0.29, 0.717) is 19.4 Å². The highest BCUT2D eigenvalue weighted by Crippen LogP contribution is 2.11. The number of hydrogen-bond donors (Lipinski definition) is 1. The molecule has 16 heavy (non-hydrogen) atoms. The smallest absolute Gasteiger partial charge is 0.352 e. The molecular weight excluding hydrogens is 212 g/mol. The number of carboxylic acid groups (broad SMARTS) is 1. The predicted molar refractivity (Wildman–Crippen MR) is 57.2 cm³/mol. The maximum atomic E-state index is 10.8. The van der Waals surface area contributed by atoms with Crippen molar-refractivity contribution in [1.82, 2.24) is 4.57 Å². The molecule has 0 fully saturated rings. The summed E-state index contributed by atoms with van der Waals surface area (Å²) in [4.78, 5) is 20.6. The van der Waals surface area contributed by atoms with Crippen LogP contribution in [0.3, 0.4) is 0 Å². The zero-order valence-corrected chi connectivity index (χ0v) is 9.05. The van der Waals surface area contributed by atoms with Gasteiger partial charge in [0.25, 0.3) is 0 Å². The number of nitrogens with zero attached hydrogens (tertiary/aromatic N) is 2. The summed E-state index contributed by atoms with van der Waals surface area (Å²) in [5.41, 5.74) is 1.07. The SMILES string of the molecule is CCn1cc(CCC[N+](=O)[O-])cc1C(=O)O. The lowest BCUT2D eigenvalue weighted by molar-refractivity contribution is -0.480. The lowest BCUT2D eigenvalue weighted by Crippen LogP contribution is -2.05. The maximum Gasteiger partial charge on any atom is 0.352 e. The largest absolute Gasteiger partial charge is 0.477 e. The Morgan fingerprint density at radius 2 is 2.31 bits per heavy atom. The van der Waals surface area contributed by atoms with E-state index in [4.69, 9.17) is 5.11 Å². The highest BCUT2D eigenvalue weighted by molar-refractivity contribution is 5.86. The number of nitro groups is 1. The average Bonchev–Trinajstić information content (AvgIpc) is 2.60. The normalized spacial score (nSPS) is 10.3. The number of carbonyl (C=O) groups is 1. The molecule has 0 bridgehead atoms. The Hall–Kier alpha value is -1.85. The quantitative estimate of drug-likeness (QED) is 0.587. The minimum absolute atomic E-state index is 0.0836. The second-order valence-corrected chi connectivity index (χ2v) is 3.48. The Balaban J connectivity index is 2.67. The van der Waals surface area contributed by atoms with Crippen molar-refractivity contribution in [3.63, 3.8) is 0 Å². The number of aromatic carboxylic acids is 1. The highest BCUT2D eigenvalue weighted by atomic mass is 16.6. The minimum Gasteiger partial charge on any atom is -0.477 e. The van der Waals surface area contributed by atoms with E-state index in [1.54, 1.807) is 16.8 Å². The van der Waals surface area contributed by atoms with Crippen LogP contribution < -0.4 is 0 Å². The monoisotopic (exact) mass is 226 g/mol. The number of carboxylic acids is 1. The summed E-state index contributed by atoms with van der Waals surface area (Å²) in [5.74, 6) is -0.970. The molecule has 0 aliphatic heterocycles. The van der Waals surface area contributed by atoms with Crippen LogP contribution in [-0.2, 0) is 13.0 Å². The van der Waals surface area contributed by atoms with Crippen molar-refractivity contribution in [3.8, 4) is 0 Å². The molecule has 0 aliphatic carbocycles. The van der Waals surface area contributed by atoms with Crippen molar-refractivity contribution in [1.29, 1.82) is 0 Å². The molecule has 0 unspecified atom stereocenters. The van der Waals surface area contributed by atoms with Gasteiger partial charge in [-0.15, -0.1) is 0 Å². The van der Waals surface area contributed by atoms with Gasteiger partial charge in [-0.05, 0) is 25.0 Å². The summed E-state index contributed by atoms with van der Waals surface area (Å²) in [6.45, 7) is 2.35. The van der Waals surface area contributed by atoms with Gasteiger partial charge in [0.05, 0.1) is 0 Å². The van der Waals surface area contributed by atoms with E-state index in [0.717, 1.165) is 5.56 Å². The first-order chi connectivity index (χ1) is 7.54. The van der Waals surface area contributed by atoms with Crippen LogP contribution >= 0.6 is 0 Å². The zero-order valence-electron chi connectivity index (χ0n) is 9.05. The van der Waals surface area contributed by atoms with Gasteiger partial charge in [-0.1, -0.05) is 0 Å². The third-order valence-corrected chi connectivity index (χ3v) is 2.32. The third-order valence-electron chi connectivity index (χ3n) is 2.32. The van der Waals surface area contributed by atoms with Crippen LogP contribution in [0, 0.1) is 10.1 Å². The van der Waals surface area contributed by atoms with Gasteiger partial charge in [0, 0.05) is 24.1 Å². The first kappa shape index (κ1) is 12.2. The Labute approximate surface area is 92.6 Å². The van der Waals surface area contributed by atoms with Crippen LogP contribution in [0.2, 0.25) is 0 Å². The molecule has 0 aromatic carbocycles. The van der Waals surface area contributed by atoms with E-state index in [1.165, 1.54) is 0 Å².